The normalized spacial score (nSPS) is 11.9. The van der Waals surface area contributed by atoms with Crippen molar-refractivity contribution < 1.29 is 9.16 Å². The molecular formula is C27H34O2Si. The summed E-state index contributed by atoms with van der Waals surface area (Å²) in [6.45, 7) is 11.3. The lowest BCUT2D eigenvalue weighted by atomic mass is 9.80. The molecule has 0 aromatic heterocycles. The molecule has 0 atom stereocenters. The Morgan fingerprint density at radius 3 is 2.07 bits per heavy atom. The van der Waals surface area contributed by atoms with E-state index in [1.807, 2.05) is 36.4 Å². The number of para-hydroxylation sites is 1. The fourth-order valence-corrected chi connectivity index (χ4v) is 4.44. The van der Waals surface area contributed by atoms with E-state index in [4.69, 9.17) is 9.16 Å². The highest BCUT2D eigenvalue weighted by Gasteiger charge is 2.21. The van der Waals surface area contributed by atoms with Crippen LogP contribution in [0.15, 0.2) is 78.9 Å². The minimum atomic E-state index is -1.56. The molecule has 0 radical (unpaired) electrons. The van der Waals surface area contributed by atoms with Gasteiger partial charge in [0.2, 0.25) is 8.32 Å². The van der Waals surface area contributed by atoms with Gasteiger partial charge in [-0.2, -0.15) is 0 Å². The predicted octanol–water partition coefficient (Wildman–Crippen LogP) is 7.99. The summed E-state index contributed by atoms with van der Waals surface area (Å²) in [5.74, 6) is 2.76. The van der Waals surface area contributed by atoms with Gasteiger partial charge in [0.15, 0.2) is 0 Å². The van der Waals surface area contributed by atoms with E-state index < -0.39 is 8.32 Å². The Bertz CT molecular complexity index is 925. The summed E-state index contributed by atoms with van der Waals surface area (Å²) < 4.78 is 12.1. The van der Waals surface area contributed by atoms with Gasteiger partial charge in [0, 0.05) is 0 Å². The summed E-state index contributed by atoms with van der Waals surface area (Å²) >= 11 is 0. The first-order valence-corrected chi connectivity index (χ1v) is 14.2. The van der Waals surface area contributed by atoms with Gasteiger partial charge in [-0.25, -0.2) is 0 Å². The van der Waals surface area contributed by atoms with E-state index >= 15 is 0 Å². The van der Waals surface area contributed by atoms with Crippen LogP contribution in [0.25, 0.3) is 0 Å². The molecule has 0 saturated heterocycles. The van der Waals surface area contributed by atoms with Crippen molar-refractivity contribution in [3.8, 4) is 17.2 Å². The van der Waals surface area contributed by atoms with E-state index in [9.17, 15) is 0 Å². The van der Waals surface area contributed by atoms with Crippen molar-refractivity contribution in [3.63, 3.8) is 0 Å². The number of aryl methyl sites for hydroxylation is 1. The zero-order chi connectivity index (χ0) is 21.6. The van der Waals surface area contributed by atoms with E-state index in [0.29, 0.717) is 0 Å². The van der Waals surface area contributed by atoms with Crippen molar-refractivity contribution in [2.45, 2.75) is 58.2 Å². The van der Waals surface area contributed by atoms with Gasteiger partial charge in [-0.05, 0) is 91.8 Å². The van der Waals surface area contributed by atoms with Gasteiger partial charge in [-0.1, -0.05) is 56.3 Å². The third-order valence-electron chi connectivity index (χ3n) is 5.20. The van der Waals surface area contributed by atoms with Crippen LogP contribution in [-0.4, -0.2) is 8.32 Å². The molecule has 3 rings (SSSR count). The predicted molar refractivity (Wildman–Crippen MR) is 129 cm³/mol. The van der Waals surface area contributed by atoms with Crippen LogP contribution in [0, 0.1) is 0 Å². The Balaban J connectivity index is 1.55. The van der Waals surface area contributed by atoms with Crippen LogP contribution in [-0.2, 0) is 11.8 Å². The molecule has 0 saturated carbocycles. The molecule has 3 aromatic rings. The van der Waals surface area contributed by atoms with Crippen LogP contribution >= 0.6 is 0 Å². The van der Waals surface area contributed by atoms with Crippen molar-refractivity contribution in [1.29, 1.82) is 0 Å². The van der Waals surface area contributed by atoms with Crippen LogP contribution in [0.3, 0.4) is 0 Å². The standard InChI is InChI=1S/C27H34O2Si/c1-27(2,23-16-18-25(19-17-23)29-30(3,4)5)20-10-12-22-11-9-15-26(21-22)28-24-13-7-6-8-14-24/h6-9,11,13-19,21H,10,12,20H2,1-5H3. The fraction of sp³-hybridized carbons (Fsp3) is 0.333. The summed E-state index contributed by atoms with van der Waals surface area (Å²) in [4.78, 5) is 0. The smallest absolute Gasteiger partial charge is 0.242 e. The Morgan fingerprint density at radius 2 is 1.40 bits per heavy atom. The van der Waals surface area contributed by atoms with Gasteiger partial charge >= 0.3 is 0 Å². The summed E-state index contributed by atoms with van der Waals surface area (Å²) in [5, 5.41) is 0. The van der Waals surface area contributed by atoms with Gasteiger partial charge < -0.3 is 9.16 Å². The zero-order valence-corrected chi connectivity index (χ0v) is 19.9. The Hall–Kier alpha value is -2.52. The highest BCUT2D eigenvalue weighted by atomic mass is 28.4. The van der Waals surface area contributed by atoms with Crippen LogP contribution in [0.4, 0.5) is 0 Å². The van der Waals surface area contributed by atoms with E-state index in [1.165, 1.54) is 11.1 Å². The second-order valence-electron chi connectivity index (χ2n) is 9.54. The van der Waals surface area contributed by atoms with Gasteiger partial charge in [-0.3, -0.25) is 0 Å². The summed E-state index contributed by atoms with van der Waals surface area (Å²) in [6, 6.07) is 27.1. The molecule has 0 aliphatic heterocycles. The molecule has 30 heavy (non-hydrogen) atoms. The van der Waals surface area contributed by atoms with E-state index in [1.54, 1.807) is 0 Å². The maximum absolute atomic E-state index is 6.09. The number of ether oxygens (including phenoxy) is 1. The third-order valence-corrected chi connectivity index (χ3v) is 6.05. The number of hydrogen-bond donors (Lipinski definition) is 0. The van der Waals surface area contributed by atoms with Crippen LogP contribution in [0.1, 0.15) is 37.8 Å². The fourth-order valence-electron chi connectivity index (χ4n) is 3.60. The van der Waals surface area contributed by atoms with E-state index in [0.717, 1.165) is 36.5 Å². The average molecular weight is 419 g/mol. The van der Waals surface area contributed by atoms with Crippen molar-refractivity contribution in [1.82, 2.24) is 0 Å². The first-order valence-electron chi connectivity index (χ1n) is 10.8. The molecule has 0 bridgehead atoms. The Morgan fingerprint density at radius 1 is 0.733 bits per heavy atom. The topological polar surface area (TPSA) is 18.5 Å². The average Bonchev–Trinajstić information content (AvgIpc) is 2.68. The Labute approximate surface area is 183 Å². The molecule has 0 aliphatic rings. The quantitative estimate of drug-likeness (QED) is 0.328. The van der Waals surface area contributed by atoms with Crippen LogP contribution < -0.4 is 9.16 Å². The van der Waals surface area contributed by atoms with Gasteiger partial charge in [0.05, 0.1) is 0 Å². The zero-order valence-electron chi connectivity index (χ0n) is 18.9. The number of benzene rings is 3. The summed E-state index contributed by atoms with van der Waals surface area (Å²) in [6.07, 6.45) is 3.31. The monoisotopic (exact) mass is 418 g/mol. The first kappa shape index (κ1) is 22.2. The van der Waals surface area contributed by atoms with Crippen LogP contribution in [0.5, 0.6) is 17.2 Å². The second kappa shape index (κ2) is 9.52. The van der Waals surface area contributed by atoms with Gasteiger partial charge in [0.1, 0.15) is 17.2 Å². The molecule has 0 spiro atoms. The van der Waals surface area contributed by atoms with Crippen molar-refractivity contribution in [3.05, 3.63) is 90.0 Å². The van der Waals surface area contributed by atoms with Crippen molar-refractivity contribution >= 4 is 8.32 Å². The molecule has 3 heteroatoms. The molecule has 158 valence electrons. The molecule has 0 unspecified atom stereocenters. The maximum Gasteiger partial charge on any atom is 0.242 e. The van der Waals surface area contributed by atoms with Crippen LogP contribution in [0.2, 0.25) is 19.6 Å². The molecule has 0 N–H and O–H groups in total. The number of rotatable bonds is 9. The molecule has 0 heterocycles. The Kier molecular flexibility index (Phi) is 7.04. The SMILES string of the molecule is CC(C)(CCCc1cccc(Oc2ccccc2)c1)c1ccc(O[Si](C)(C)C)cc1. The molecular weight excluding hydrogens is 384 g/mol. The first-order chi connectivity index (χ1) is 14.2. The third kappa shape index (κ3) is 6.77. The second-order valence-corrected chi connectivity index (χ2v) is 14.0. The van der Waals surface area contributed by atoms with E-state index in [2.05, 4.69) is 76.0 Å². The van der Waals surface area contributed by atoms with E-state index in [-0.39, 0.29) is 5.41 Å². The highest BCUT2D eigenvalue weighted by Crippen LogP contribution is 2.31. The molecule has 3 aromatic carbocycles. The summed E-state index contributed by atoms with van der Waals surface area (Å²) in [7, 11) is -1.56. The molecule has 0 amide bonds. The summed E-state index contributed by atoms with van der Waals surface area (Å²) in [5.41, 5.74) is 2.82. The lowest BCUT2D eigenvalue weighted by Crippen LogP contribution is -2.29. The van der Waals surface area contributed by atoms with Gasteiger partial charge in [0.25, 0.3) is 0 Å². The molecule has 2 nitrogen and oxygen atoms in total. The lowest BCUT2D eigenvalue weighted by Gasteiger charge is -2.26. The highest BCUT2D eigenvalue weighted by molar-refractivity contribution is 6.70. The maximum atomic E-state index is 6.09. The number of hydrogen-bond acceptors (Lipinski definition) is 2. The lowest BCUT2D eigenvalue weighted by molar-refractivity contribution is 0.459. The largest absolute Gasteiger partial charge is 0.544 e. The minimum Gasteiger partial charge on any atom is -0.544 e. The molecule has 0 fully saturated rings. The van der Waals surface area contributed by atoms with Gasteiger partial charge in [-0.15, -0.1) is 0 Å². The minimum absolute atomic E-state index is 0.135. The molecule has 0 aliphatic carbocycles. The van der Waals surface area contributed by atoms with Crippen molar-refractivity contribution in [2.75, 3.05) is 0 Å². The van der Waals surface area contributed by atoms with Crippen molar-refractivity contribution in [2.24, 2.45) is 0 Å².